The van der Waals surface area contributed by atoms with Gasteiger partial charge in [-0.1, -0.05) is 0 Å². The van der Waals surface area contributed by atoms with Crippen LogP contribution >= 0.6 is 12.6 Å². The molecule has 25 heavy (non-hydrogen) atoms. The lowest BCUT2D eigenvalue weighted by Gasteiger charge is -2.17. The summed E-state index contributed by atoms with van der Waals surface area (Å²) in [4.78, 5) is 45.6. The molecule has 0 saturated heterocycles. The molecule has 0 heterocycles. The lowest BCUT2D eigenvalue weighted by Crippen LogP contribution is -2.51. The summed E-state index contributed by atoms with van der Waals surface area (Å²) in [5, 5.41) is 8.21. The fourth-order valence-corrected chi connectivity index (χ4v) is 2.30. The number of unbranched alkanes of at least 4 members (excludes halogenated alkanes) is 1. The molecule has 9 nitrogen and oxygen atoms in total. The number of thiol groups is 1. The van der Waals surface area contributed by atoms with Gasteiger partial charge in [0.15, 0.2) is 0 Å². The monoisotopic (exact) mass is 375 g/mol. The van der Waals surface area contributed by atoms with Crippen molar-refractivity contribution in [1.82, 2.24) is 26.8 Å². The number of hydrazine groups is 1. The molecule has 3 amide bonds. The Bertz CT molecular complexity index is 461. The van der Waals surface area contributed by atoms with E-state index in [9.17, 15) is 19.2 Å². The van der Waals surface area contributed by atoms with E-state index in [0.717, 1.165) is 12.8 Å². The quantitative estimate of drug-likeness (QED) is 0.132. The molecule has 0 bridgehead atoms. The van der Waals surface area contributed by atoms with E-state index in [1.807, 2.05) is 0 Å². The number of carbonyl (C=O) groups excluding carboxylic acids is 4. The van der Waals surface area contributed by atoms with E-state index in [1.165, 1.54) is 6.92 Å². The van der Waals surface area contributed by atoms with E-state index in [4.69, 9.17) is 0 Å². The SMILES string of the molecule is CNC(CCCCNC(=O)C(CS)NC(=O)CNNC(C)=O)C(C)=O. The zero-order chi connectivity index (χ0) is 19.2. The molecular weight excluding hydrogens is 346 g/mol. The van der Waals surface area contributed by atoms with Gasteiger partial charge in [0.05, 0.1) is 12.6 Å². The molecule has 144 valence electrons. The highest BCUT2D eigenvalue weighted by atomic mass is 32.1. The zero-order valence-electron chi connectivity index (χ0n) is 15.0. The Balaban J connectivity index is 4.02. The highest BCUT2D eigenvalue weighted by Gasteiger charge is 2.18. The van der Waals surface area contributed by atoms with Gasteiger partial charge in [0.2, 0.25) is 17.7 Å². The number of rotatable bonds is 13. The van der Waals surface area contributed by atoms with Crippen LogP contribution in [0.15, 0.2) is 0 Å². The third kappa shape index (κ3) is 11.5. The lowest BCUT2D eigenvalue weighted by atomic mass is 10.1. The molecule has 0 aromatic heterocycles. The Labute approximate surface area is 153 Å². The smallest absolute Gasteiger partial charge is 0.243 e. The fraction of sp³-hybridized carbons (Fsp3) is 0.733. The summed E-state index contributed by atoms with van der Waals surface area (Å²) in [5.74, 6) is -0.816. The molecule has 5 N–H and O–H groups in total. The minimum Gasteiger partial charge on any atom is -0.354 e. The number of hydrogen-bond donors (Lipinski definition) is 6. The van der Waals surface area contributed by atoms with Gasteiger partial charge in [-0.25, -0.2) is 5.43 Å². The van der Waals surface area contributed by atoms with E-state index in [-0.39, 0.29) is 35.9 Å². The zero-order valence-corrected chi connectivity index (χ0v) is 15.9. The highest BCUT2D eigenvalue weighted by molar-refractivity contribution is 7.80. The van der Waals surface area contributed by atoms with Crippen molar-refractivity contribution in [3.8, 4) is 0 Å². The molecule has 0 fully saturated rings. The molecule has 0 aliphatic rings. The van der Waals surface area contributed by atoms with E-state index in [1.54, 1.807) is 14.0 Å². The Morgan fingerprint density at radius 2 is 1.72 bits per heavy atom. The Morgan fingerprint density at radius 3 is 2.24 bits per heavy atom. The maximum absolute atomic E-state index is 12.0. The first-order valence-electron chi connectivity index (χ1n) is 8.16. The van der Waals surface area contributed by atoms with Crippen LogP contribution < -0.4 is 26.8 Å². The van der Waals surface area contributed by atoms with E-state index in [0.29, 0.717) is 13.0 Å². The van der Waals surface area contributed by atoms with Crippen LogP contribution in [-0.2, 0) is 19.2 Å². The summed E-state index contributed by atoms with van der Waals surface area (Å²) >= 11 is 4.07. The maximum Gasteiger partial charge on any atom is 0.243 e. The van der Waals surface area contributed by atoms with Gasteiger partial charge in [0.1, 0.15) is 11.8 Å². The molecule has 0 rings (SSSR count). The van der Waals surface area contributed by atoms with Gasteiger partial charge < -0.3 is 16.0 Å². The highest BCUT2D eigenvalue weighted by Crippen LogP contribution is 2.01. The van der Waals surface area contributed by atoms with Crippen molar-refractivity contribution < 1.29 is 19.2 Å². The summed E-state index contributed by atoms with van der Waals surface area (Å²) < 4.78 is 0. The van der Waals surface area contributed by atoms with Gasteiger partial charge in [0.25, 0.3) is 0 Å². The van der Waals surface area contributed by atoms with Crippen LogP contribution in [0.3, 0.4) is 0 Å². The predicted molar refractivity (Wildman–Crippen MR) is 98.0 cm³/mol. The van der Waals surface area contributed by atoms with Crippen LogP contribution in [0.5, 0.6) is 0 Å². The normalized spacial score (nSPS) is 12.8. The van der Waals surface area contributed by atoms with Crippen molar-refractivity contribution in [2.45, 2.75) is 45.2 Å². The number of amides is 3. The van der Waals surface area contributed by atoms with Gasteiger partial charge in [0, 0.05) is 19.2 Å². The second-order valence-electron chi connectivity index (χ2n) is 5.58. The third-order valence-corrected chi connectivity index (χ3v) is 3.77. The predicted octanol–water partition coefficient (Wildman–Crippen LogP) is -1.49. The molecule has 0 saturated carbocycles. The molecule has 2 atom stereocenters. The standard InChI is InChI=1S/C15H29N5O4S/c1-10(21)12(16-3)6-4-5-7-17-15(24)13(9-25)19-14(23)8-18-20-11(2)22/h12-13,16,18,25H,4-9H2,1-3H3,(H,17,24)(H,19,23)(H,20,22). The van der Waals surface area contributed by atoms with Crippen LogP contribution in [0.1, 0.15) is 33.1 Å². The molecule has 0 radical (unpaired) electrons. The molecule has 0 aromatic carbocycles. The minimum absolute atomic E-state index is 0.0947. The van der Waals surface area contributed by atoms with Crippen LogP contribution in [-0.4, -0.2) is 61.5 Å². The van der Waals surface area contributed by atoms with Crippen LogP contribution in [0.2, 0.25) is 0 Å². The van der Waals surface area contributed by atoms with Gasteiger partial charge >= 0.3 is 0 Å². The summed E-state index contributed by atoms with van der Waals surface area (Å²) in [6.07, 6.45) is 2.24. The van der Waals surface area contributed by atoms with Gasteiger partial charge in [-0.15, -0.1) is 0 Å². The van der Waals surface area contributed by atoms with Crippen molar-refractivity contribution in [3.63, 3.8) is 0 Å². The minimum atomic E-state index is -0.753. The number of hydrogen-bond acceptors (Lipinski definition) is 7. The van der Waals surface area contributed by atoms with Crippen LogP contribution in [0, 0.1) is 0 Å². The van der Waals surface area contributed by atoms with Crippen molar-refractivity contribution in [2.24, 2.45) is 0 Å². The number of nitrogens with one attached hydrogen (secondary N) is 5. The second kappa shape index (κ2) is 13.6. The van der Waals surface area contributed by atoms with Crippen LogP contribution in [0.25, 0.3) is 0 Å². The Kier molecular flexibility index (Phi) is 12.7. The Morgan fingerprint density at radius 1 is 1.04 bits per heavy atom. The third-order valence-electron chi connectivity index (χ3n) is 3.41. The van der Waals surface area contributed by atoms with Crippen molar-refractivity contribution in [3.05, 3.63) is 0 Å². The van der Waals surface area contributed by atoms with Crippen molar-refractivity contribution >= 4 is 36.1 Å². The van der Waals surface area contributed by atoms with Gasteiger partial charge in [-0.05, 0) is 33.2 Å². The molecule has 10 heteroatoms. The van der Waals surface area contributed by atoms with E-state index >= 15 is 0 Å². The van der Waals surface area contributed by atoms with E-state index < -0.39 is 11.9 Å². The number of Topliss-reactive ketones (excluding diaryl/α,β-unsaturated/α-hetero) is 1. The average Bonchev–Trinajstić information content (AvgIpc) is 2.54. The lowest BCUT2D eigenvalue weighted by molar-refractivity contribution is -0.128. The molecule has 0 spiro atoms. The maximum atomic E-state index is 12.0. The van der Waals surface area contributed by atoms with Gasteiger partial charge in [-0.3, -0.25) is 24.6 Å². The second-order valence-corrected chi connectivity index (χ2v) is 5.94. The van der Waals surface area contributed by atoms with E-state index in [2.05, 4.69) is 39.4 Å². The summed E-state index contributed by atoms with van der Waals surface area (Å²) in [6.45, 7) is 3.17. The molecule has 2 unspecified atom stereocenters. The number of carbonyl (C=O) groups is 4. The first-order valence-corrected chi connectivity index (χ1v) is 8.80. The molecule has 0 aromatic rings. The van der Waals surface area contributed by atoms with Crippen molar-refractivity contribution in [1.29, 1.82) is 0 Å². The van der Waals surface area contributed by atoms with Crippen molar-refractivity contribution in [2.75, 3.05) is 25.9 Å². The molecule has 0 aliphatic heterocycles. The summed E-state index contributed by atoms with van der Waals surface area (Å²) in [7, 11) is 1.74. The summed E-state index contributed by atoms with van der Waals surface area (Å²) in [5.41, 5.74) is 4.70. The molecule has 0 aliphatic carbocycles. The first-order chi connectivity index (χ1) is 11.8. The molecular formula is C15H29N5O4S. The average molecular weight is 375 g/mol. The largest absolute Gasteiger partial charge is 0.354 e. The van der Waals surface area contributed by atoms with Crippen LogP contribution in [0.4, 0.5) is 0 Å². The topological polar surface area (TPSA) is 128 Å². The summed E-state index contributed by atoms with van der Waals surface area (Å²) in [6, 6.07) is -0.909. The number of ketones is 1. The number of likely N-dealkylation sites (N-methyl/N-ethyl adjacent to an activating group) is 1. The first kappa shape index (κ1) is 23.4. The fourth-order valence-electron chi connectivity index (χ4n) is 2.05. The van der Waals surface area contributed by atoms with Gasteiger partial charge in [-0.2, -0.15) is 12.6 Å². The Hall–Kier alpha value is -1.65.